The lowest BCUT2D eigenvalue weighted by Crippen LogP contribution is -2.12. The van der Waals surface area contributed by atoms with Crippen LogP contribution in [-0.4, -0.2) is 23.2 Å². The fourth-order valence-electron chi connectivity index (χ4n) is 3.34. The monoisotopic (exact) mass is 263 g/mol. The summed E-state index contributed by atoms with van der Waals surface area (Å²) in [6.45, 7) is 4.66. The molecule has 1 saturated heterocycles. The molecule has 1 aliphatic heterocycles. The van der Waals surface area contributed by atoms with Gasteiger partial charge < -0.3 is 9.84 Å². The van der Waals surface area contributed by atoms with Crippen molar-refractivity contribution in [3.63, 3.8) is 0 Å². The third kappa shape index (κ3) is 3.35. The maximum atomic E-state index is 5.42. The first-order valence-electron chi connectivity index (χ1n) is 7.84. The summed E-state index contributed by atoms with van der Waals surface area (Å²) in [5, 5.41) is 7.61. The van der Waals surface area contributed by atoms with Gasteiger partial charge in [0.2, 0.25) is 5.89 Å². The number of rotatable bonds is 4. The number of aromatic nitrogens is 2. The van der Waals surface area contributed by atoms with E-state index in [9.17, 15) is 0 Å². The lowest BCUT2D eigenvalue weighted by molar-refractivity contribution is 0.322. The van der Waals surface area contributed by atoms with E-state index < -0.39 is 0 Å². The minimum Gasteiger partial charge on any atom is -0.339 e. The Balaban J connectivity index is 1.51. The lowest BCUT2D eigenvalue weighted by Gasteiger charge is -2.23. The minimum atomic E-state index is 0.543. The highest BCUT2D eigenvalue weighted by molar-refractivity contribution is 4.97. The minimum absolute atomic E-state index is 0.543. The van der Waals surface area contributed by atoms with Gasteiger partial charge in [0.1, 0.15) is 0 Å². The average molecular weight is 263 g/mol. The largest absolute Gasteiger partial charge is 0.339 e. The molecule has 0 bridgehead atoms. The molecule has 0 spiro atoms. The van der Waals surface area contributed by atoms with Gasteiger partial charge in [-0.05, 0) is 50.6 Å². The Hall–Kier alpha value is -0.900. The third-order valence-electron chi connectivity index (χ3n) is 4.79. The Kier molecular flexibility index (Phi) is 4.16. The highest BCUT2D eigenvalue weighted by Crippen LogP contribution is 2.34. The Labute approximate surface area is 115 Å². The van der Waals surface area contributed by atoms with E-state index in [1.807, 2.05) is 0 Å². The van der Waals surface area contributed by atoms with Crippen molar-refractivity contribution < 1.29 is 4.52 Å². The van der Waals surface area contributed by atoms with E-state index in [2.05, 4.69) is 22.4 Å². The predicted octanol–water partition coefficient (Wildman–Crippen LogP) is 2.91. The van der Waals surface area contributed by atoms with Gasteiger partial charge in [-0.3, -0.25) is 0 Å². The number of nitrogens with zero attached hydrogens (tertiary/aromatic N) is 2. The smallest absolute Gasteiger partial charge is 0.226 e. The molecule has 1 atom stereocenters. The average Bonchev–Trinajstić information content (AvgIpc) is 3.09. The standard InChI is InChI=1S/C15H25N3O/c1-11-2-5-13(6-3-11)15-17-14(19-18-15)7-4-12-8-9-16-10-12/h11-13,16H,2-10H2,1H3. The molecule has 0 aromatic carbocycles. The SMILES string of the molecule is CC1CCC(c2noc(CCC3CCNC3)n2)CC1. The van der Waals surface area contributed by atoms with Crippen molar-refractivity contribution in [2.45, 2.75) is 57.8 Å². The van der Waals surface area contributed by atoms with E-state index in [0.717, 1.165) is 36.5 Å². The van der Waals surface area contributed by atoms with Gasteiger partial charge in [0.05, 0.1) is 0 Å². The number of hydrogen-bond donors (Lipinski definition) is 1. The molecule has 19 heavy (non-hydrogen) atoms. The van der Waals surface area contributed by atoms with Crippen molar-refractivity contribution in [2.24, 2.45) is 11.8 Å². The van der Waals surface area contributed by atoms with E-state index in [-0.39, 0.29) is 0 Å². The summed E-state index contributed by atoms with van der Waals surface area (Å²) >= 11 is 0. The second kappa shape index (κ2) is 6.04. The van der Waals surface area contributed by atoms with Crippen LogP contribution in [0.15, 0.2) is 4.52 Å². The van der Waals surface area contributed by atoms with Crippen LogP contribution in [0, 0.1) is 11.8 Å². The number of hydrogen-bond acceptors (Lipinski definition) is 4. The van der Waals surface area contributed by atoms with Crippen molar-refractivity contribution in [3.05, 3.63) is 11.7 Å². The van der Waals surface area contributed by atoms with Crippen LogP contribution in [0.2, 0.25) is 0 Å². The van der Waals surface area contributed by atoms with Crippen LogP contribution in [0.25, 0.3) is 0 Å². The van der Waals surface area contributed by atoms with Gasteiger partial charge in [-0.2, -0.15) is 4.98 Å². The van der Waals surface area contributed by atoms with Crippen LogP contribution in [-0.2, 0) is 6.42 Å². The zero-order valence-corrected chi connectivity index (χ0v) is 11.9. The van der Waals surface area contributed by atoms with Crippen molar-refractivity contribution in [3.8, 4) is 0 Å². The first kappa shape index (κ1) is 13.1. The maximum absolute atomic E-state index is 5.42. The van der Waals surface area contributed by atoms with Crippen molar-refractivity contribution in [1.82, 2.24) is 15.5 Å². The van der Waals surface area contributed by atoms with Crippen molar-refractivity contribution in [2.75, 3.05) is 13.1 Å². The fraction of sp³-hybridized carbons (Fsp3) is 0.867. The van der Waals surface area contributed by atoms with E-state index >= 15 is 0 Å². The van der Waals surface area contributed by atoms with E-state index in [4.69, 9.17) is 4.52 Å². The third-order valence-corrected chi connectivity index (χ3v) is 4.79. The van der Waals surface area contributed by atoms with Crippen LogP contribution in [0.1, 0.15) is 63.1 Å². The molecule has 1 aromatic heterocycles. The summed E-state index contributed by atoms with van der Waals surface area (Å²) in [5.74, 6) is 4.03. The summed E-state index contributed by atoms with van der Waals surface area (Å²) in [6.07, 6.45) is 8.49. The van der Waals surface area contributed by atoms with Crippen LogP contribution in [0.5, 0.6) is 0 Å². The highest BCUT2D eigenvalue weighted by Gasteiger charge is 2.24. The molecule has 2 heterocycles. The Morgan fingerprint density at radius 1 is 1.21 bits per heavy atom. The van der Waals surface area contributed by atoms with Crippen molar-refractivity contribution in [1.29, 1.82) is 0 Å². The predicted molar refractivity (Wildman–Crippen MR) is 74.0 cm³/mol. The Bertz CT molecular complexity index is 390. The van der Waals surface area contributed by atoms with Gasteiger partial charge in [0.25, 0.3) is 0 Å². The van der Waals surface area contributed by atoms with Gasteiger partial charge >= 0.3 is 0 Å². The Morgan fingerprint density at radius 3 is 2.79 bits per heavy atom. The lowest BCUT2D eigenvalue weighted by atomic mass is 9.83. The van der Waals surface area contributed by atoms with Gasteiger partial charge in [0.15, 0.2) is 5.82 Å². The molecule has 4 nitrogen and oxygen atoms in total. The summed E-state index contributed by atoms with van der Waals surface area (Å²) in [7, 11) is 0. The highest BCUT2D eigenvalue weighted by atomic mass is 16.5. The normalized spacial score (nSPS) is 31.7. The summed E-state index contributed by atoms with van der Waals surface area (Å²) < 4.78 is 5.42. The van der Waals surface area contributed by atoms with Gasteiger partial charge in [0, 0.05) is 12.3 Å². The van der Waals surface area contributed by atoms with Gasteiger partial charge in [-0.15, -0.1) is 0 Å². The van der Waals surface area contributed by atoms with Gasteiger partial charge in [-0.25, -0.2) is 0 Å². The van der Waals surface area contributed by atoms with Crippen LogP contribution in [0.3, 0.4) is 0 Å². The maximum Gasteiger partial charge on any atom is 0.226 e. The topological polar surface area (TPSA) is 51.0 Å². The molecule has 1 N–H and O–H groups in total. The van der Waals surface area contributed by atoms with Crippen LogP contribution < -0.4 is 5.32 Å². The summed E-state index contributed by atoms with van der Waals surface area (Å²) in [4.78, 5) is 4.62. The number of nitrogens with one attached hydrogen (secondary N) is 1. The molecule has 2 fully saturated rings. The van der Waals surface area contributed by atoms with E-state index in [1.165, 1.54) is 45.1 Å². The van der Waals surface area contributed by atoms with Crippen LogP contribution in [0.4, 0.5) is 0 Å². The molecule has 1 aliphatic carbocycles. The van der Waals surface area contributed by atoms with Gasteiger partial charge in [-0.1, -0.05) is 24.9 Å². The quantitative estimate of drug-likeness (QED) is 0.907. The Morgan fingerprint density at radius 2 is 2.05 bits per heavy atom. The second-order valence-corrected chi connectivity index (χ2v) is 6.40. The van der Waals surface area contributed by atoms with Crippen molar-refractivity contribution >= 4 is 0 Å². The molecule has 3 rings (SSSR count). The van der Waals surface area contributed by atoms with E-state index in [0.29, 0.717) is 5.92 Å². The summed E-state index contributed by atoms with van der Waals surface area (Å²) in [6, 6.07) is 0. The molecule has 2 aliphatic rings. The molecular weight excluding hydrogens is 238 g/mol. The second-order valence-electron chi connectivity index (χ2n) is 6.40. The molecule has 1 aromatic rings. The first-order valence-corrected chi connectivity index (χ1v) is 7.84. The molecule has 4 heteroatoms. The molecule has 1 unspecified atom stereocenters. The molecule has 0 radical (unpaired) electrons. The first-order chi connectivity index (χ1) is 9.31. The van der Waals surface area contributed by atoms with Crippen LogP contribution >= 0.6 is 0 Å². The molecule has 0 amide bonds. The zero-order valence-electron chi connectivity index (χ0n) is 11.9. The molecular formula is C15H25N3O. The number of aryl methyl sites for hydroxylation is 1. The van der Waals surface area contributed by atoms with E-state index in [1.54, 1.807) is 0 Å². The summed E-state index contributed by atoms with van der Waals surface area (Å²) in [5.41, 5.74) is 0. The molecule has 1 saturated carbocycles. The molecule has 106 valence electrons. The fourth-order valence-corrected chi connectivity index (χ4v) is 3.34. The zero-order chi connectivity index (χ0) is 13.1.